The van der Waals surface area contributed by atoms with Crippen LogP contribution in [-0.4, -0.2) is 29.9 Å². The van der Waals surface area contributed by atoms with E-state index in [1.54, 1.807) is 11.3 Å². The normalized spacial score (nSPS) is 20.8. The van der Waals surface area contributed by atoms with E-state index in [1.807, 2.05) is 12.2 Å². The maximum absolute atomic E-state index is 13.3. The summed E-state index contributed by atoms with van der Waals surface area (Å²) in [6, 6.07) is 2.54. The average molecular weight is 381 g/mol. The number of allylic oxidation sites excluding steroid dienone is 2. The molecule has 0 bridgehead atoms. The lowest BCUT2D eigenvalue weighted by atomic mass is 9.92. The third-order valence-corrected chi connectivity index (χ3v) is 6.32. The monoisotopic (exact) mass is 380 g/mol. The molecule has 1 saturated carbocycles. The Morgan fingerprint density at radius 3 is 2.60 bits per heavy atom. The molecule has 1 atom stereocenters. The van der Waals surface area contributed by atoms with Crippen LogP contribution in [0.3, 0.4) is 0 Å². The van der Waals surface area contributed by atoms with Crippen LogP contribution in [0.4, 0.5) is 0 Å². The van der Waals surface area contributed by atoms with Crippen molar-refractivity contribution in [1.29, 1.82) is 0 Å². The third-order valence-electron chi connectivity index (χ3n) is 5.59. The van der Waals surface area contributed by atoms with Crippen LogP contribution < -0.4 is 5.32 Å². The molecular weight excluding hydrogens is 352 g/mol. The highest BCUT2D eigenvalue weighted by molar-refractivity contribution is 7.07. The van der Waals surface area contributed by atoms with Crippen molar-refractivity contribution in [2.75, 3.05) is 13.1 Å². The van der Waals surface area contributed by atoms with Crippen LogP contribution in [0.5, 0.6) is 0 Å². The molecule has 0 radical (unpaired) electrons. The first-order valence-electron chi connectivity index (χ1n) is 8.94. The van der Waals surface area contributed by atoms with E-state index in [1.165, 1.54) is 24.8 Å². The van der Waals surface area contributed by atoms with Crippen molar-refractivity contribution in [2.45, 2.75) is 44.7 Å². The average Bonchev–Trinajstić information content (AvgIpc) is 3.03. The molecule has 3 nitrogen and oxygen atoms in total. The fourth-order valence-electron chi connectivity index (χ4n) is 4.08. The van der Waals surface area contributed by atoms with Crippen molar-refractivity contribution in [1.82, 2.24) is 10.2 Å². The van der Waals surface area contributed by atoms with Crippen molar-refractivity contribution < 1.29 is 4.79 Å². The molecule has 1 aromatic rings. The van der Waals surface area contributed by atoms with Crippen molar-refractivity contribution in [3.8, 4) is 0 Å². The number of carbonyl (C=O) groups is 1. The van der Waals surface area contributed by atoms with Crippen LogP contribution in [0.15, 0.2) is 42.1 Å². The summed E-state index contributed by atoms with van der Waals surface area (Å²) in [6.07, 6.45) is 8.74. The van der Waals surface area contributed by atoms with Gasteiger partial charge in [0.25, 0.3) is 0 Å². The van der Waals surface area contributed by atoms with Gasteiger partial charge in [0.05, 0.1) is 0 Å². The molecule has 3 rings (SSSR count). The molecule has 1 aliphatic carbocycles. The zero-order valence-corrected chi connectivity index (χ0v) is 16.4. The first kappa shape index (κ1) is 20.2. The van der Waals surface area contributed by atoms with Gasteiger partial charge in [-0.15, -0.1) is 25.6 Å². The summed E-state index contributed by atoms with van der Waals surface area (Å²) in [5.41, 5.74) is 1.62. The molecule has 1 N–H and O–H groups in total. The summed E-state index contributed by atoms with van der Waals surface area (Å²) < 4.78 is 0. The van der Waals surface area contributed by atoms with E-state index in [0.717, 1.165) is 32.5 Å². The zero-order chi connectivity index (χ0) is 17.0. The van der Waals surface area contributed by atoms with Gasteiger partial charge >= 0.3 is 0 Å². The quantitative estimate of drug-likeness (QED) is 0.677. The molecule has 0 aromatic carbocycles. The minimum absolute atomic E-state index is 0. The van der Waals surface area contributed by atoms with Gasteiger partial charge in [-0.25, -0.2) is 0 Å². The summed E-state index contributed by atoms with van der Waals surface area (Å²) >= 11 is 1.70. The SMILES string of the molecule is C=CCC(CC=C)C(=O)N(Cc1ccsc1)C1CC12CCNCC2.Cl. The minimum Gasteiger partial charge on any atom is -0.335 e. The molecular formula is C20H29ClN2OS. The van der Waals surface area contributed by atoms with Gasteiger partial charge in [-0.05, 0) is 73.0 Å². The predicted molar refractivity (Wildman–Crippen MR) is 108 cm³/mol. The van der Waals surface area contributed by atoms with Crippen LogP contribution >= 0.6 is 23.7 Å². The molecule has 2 fully saturated rings. The summed E-state index contributed by atoms with van der Waals surface area (Å²) in [4.78, 5) is 15.4. The molecule has 1 unspecified atom stereocenters. The Morgan fingerprint density at radius 1 is 1.36 bits per heavy atom. The number of nitrogens with zero attached hydrogens (tertiary/aromatic N) is 1. The highest BCUT2D eigenvalue weighted by Crippen LogP contribution is 2.56. The van der Waals surface area contributed by atoms with Crippen molar-refractivity contribution in [3.63, 3.8) is 0 Å². The van der Waals surface area contributed by atoms with Gasteiger partial charge in [0.2, 0.25) is 5.91 Å². The van der Waals surface area contributed by atoms with Gasteiger partial charge in [-0.2, -0.15) is 11.3 Å². The lowest BCUT2D eigenvalue weighted by Gasteiger charge is -2.31. The van der Waals surface area contributed by atoms with E-state index in [-0.39, 0.29) is 24.2 Å². The fourth-order valence-corrected chi connectivity index (χ4v) is 4.74. The van der Waals surface area contributed by atoms with E-state index in [2.05, 4.69) is 40.2 Å². The molecule has 1 aliphatic heterocycles. The van der Waals surface area contributed by atoms with Gasteiger partial charge in [-0.1, -0.05) is 12.2 Å². The number of rotatable bonds is 8. The molecule has 1 amide bonds. The van der Waals surface area contributed by atoms with Gasteiger partial charge in [0.15, 0.2) is 0 Å². The van der Waals surface area contributed by atoms with E-state index >= 15 is 0 Å². The van der Waals surface area contributed by atoms with Crippen LogP contribution in [0.2, 0.25) is 0 Å². The van der Waals surface area contributed by atoms with Crippen molar-refractivity contribution >= 4 is 29.7 Å². The number of amides is 1. The van der Waals surface area contributed by atoms with E-state index in [9.17, 15) is 4.79 Å². The summed E-state index contributed by atoms with van der Waals surface area (Å²) in [5.74, 6) is 0.263. The number of halogens is 1. The van der Waals surface area contributed by atoms with E-state index < -0.39 is 0 Å². The predicted octanol–water partition coefficient (Wildman–Crippen LogP) is 4.41. The molecule has 25 heavy (non-hydrogen) atoms. The van der Waals surface area contributed by atoms with Gasteiger partial charge in [0, 0.05) is 18.5 Å². The minimum atomic E-state index is -0.0157. The Balaban J connectivity index is 0.00000225. The van der Waals surface area contributed by atoms with Gasteiger partial charge in [0.1, 0.15) is 0 Å². The zero-order valence-electron chi connectivity index (χ0n) is 14.8. The maximum Gasteiger partial charge on any atom is 0.226 e. The largest absolute Gasteiger partial charge is 0.335 e. The van der Waals surface area contributed by atoms with Gasteiger partial charge in [-0.3, -0.25) is 4.79 Å². The highest BCUT2D eigenvalue weighted by atomic mass is 35.5. The second-order valence-corrected chi connectivity index (χ2v) is 7.96. The van der Waals surface area contributed by atoms with E-state index in [4.69, 9.17) is 0 Å². The molecule has 2 heterocycles. The summed E-state index contributed by atoms with van der Waals surface area (Å²) in [6.45, 7) is 10.6. The number of hydrogen-bond donors (Lipinski definition) is 1. The smallest absolute Gasteiger partial charge is 0.226 e. The number of thiophene rings is 1. The molecule has 1 saturated heterocycles. The van der Waals surface area contributed by atoms with Gasteiger partial charge < -0.3 is 10.2 Å². The maximum atomic E-state index is 13.3. The van der Waals surface area contributed by atoms with Crippen LogP contribution in [0.25, 0.3) is 0 Å². The van der Waals surface area contributed by atoms with Crippen molar-refractivity contribution in [3.05, 3.63) is 47.7 Å². The lowest BCUT2D eigenvalue weighted by Crippen LogP contribution is -2.41. The van der Waals surface area contributed by atoms with Crippen molar-refractivity contribution in [2.24, 2.45) is 11.3 Å². The topological polar surface area (TPSA) is 32.3 Å². The van der Waals surface area contributed by atoms with Crippen LogP contribution in [-0.2, 0) is 11.3 Å². The molecule has 2 aliphatic rings. The lowest BCUT2D eigenvalue weighted by molar-refractivity contribution is -0.137. The third kappa shape index (κ3) is 4.55. The fraction of sp³-hybridized carbons (Fsp3) is 0.550. The molecule has 1 spiro atoms. The first-order chi connectivity index (χ1) is 11.7. The molecule has 5 heteroatoms. The number of nitrogens with one attached hydrogen (secondary N) is 1. The number of hydrogen-bond acceptors (Lipinski definition) is 3. The number of carbonyl (C=O) groups excluding carboxylic acids is 1. The molecule has 1 aromatic heterocycles. The standard InChI is InChI=1S/C20H28N2OS.ClH/c1-3-5-17(6-4-2)19(23)22(14-16-7-12-24-15-16)18-13-20(18)8-10-21-11-9-20;/h3-4,7,12,15,17-18,21H,1-2,5-6,8-11,13-14H2;1H. The Kier molecular flexibility index (Phi) is 7.29. The Labute approximate surface area is 161 Å². The Bertz CT molecular complexity index is 571. The Morgan fingerprint density at radius 2 is 2.04 bits per heavy atom. The summed E-state index contributed by atoms with van der Waals surface area (Å²) in [7, 11) is 0. The van der Waals surface area contributed by atoms with E-state index in [0.29, 0.717) is 11.5 Å². The second kappa shape index (κ2) is 9.02. The second-order valence-electron chi connectivity index (χ2n) is 7.18. The Hall–Kier alpha value is -1.10. The molecule has 138 valence electrons. The highest BCUT2D eigenvalue weighted by Gasteiger charge is 2.58. The van der Waals surface area contributed by atoms with Crippen LogP contribution in [0, 0.1) is 11.3 Å². The number of piperidine rings is 1. The summed E-state index contributed by atoms with van der Waals surface area (Å²) in [5, 5.41) is 7.70. The first-order valence-corrected chi connectivity index (χ1v) is 9.88. The van der Waals surface area contributed by atoms with Crippen LogP contribution in [0.1, 0.15) is 37.7 Å².